The number of methoxy groups -OCH3 is 2. The Morgan fingerprint density at radius 1 is 0.848 bits per heavy atom. The van der Waals surface area contributed by atoms with Crippen LogP contribution in [-0.2, 0) is 65.9 Å². The Balaban J connectivity index is 1.36. The number of sulfonamides is 1. The van der Waals surface area contributed by atoms with Gasteiger partial charge in [0, 0.05) is 78.8 Å². The van der Waals surface area contributed by atoms with Gasteiger partial charge in [-0.1, -0.05) is 127 Å². The quantitative estimate of drug-likeness (QED) is 0.0679. The van der Waals surface area contributed by atoms with Crippen LogP contribution in [0.2, 0.25) is 0 Å². The molecule has 0 radical (unpaired) electrons. The third kappa shape index (κ3) is 17.3. The van der Waals surface area contributed by atoms with Crippen LogP contribution in [0.4, 0.5) is 5.69 Å². The van der Waals surface area contributed by atoms with Crippen molar-refractivity contribution in [1.29, 1.82) is 0 Å². The number of hydrogen-bond acceptors (Lipinski definition) is 12. The van der Waals surface area contributed by atoms with Crippen LogP contribution < -0.4 is 10.2 Å². The Kier molecular flexibility index (Phi) is 25.9. The van der Waals surface area contributed by atoms with E-state index in [9.17, 15) is 47.1 Å². The summed E-state index contributed by atoms with van der Waals surface area (Å²) in [7, 11) is 4.24. The number of nitrogens with zero attached hydrogens (tertiary/aromatic N) is 5. The second-order valence-electron chi connectivity index (χ2n) is 22.0. The van der Waals surface area contributed by atoms with Crippen LogP contribution >= 0.6 is 23.2 Å². The molecular weight excluding hydrogens is 1080 g/mol. The van der Waals surface area contributed by atoms with Crippen molar-refractivity contribution in [3.8, 4) is 0 Å². The number of Topliss-reactive ketones (excluding diaryl/α,β-unsaturated/α-hetero) is 1. The van der Waals surface area contributed by atoms with Gasteiger partial charge in [-0.05, 0) is 80.2 Å². The van der Waals surface area contributed by atoms with Gasteiger partial charge >= 0.3 is 5.97 Å². The first-order valence-corrected chi connectivity index (χ1v) is 29.8. The molecule has 5 amide bonds. The number of carboxylic acid groups (broad SMARTS) is 1. The van der Waals surface area contributed by atoms with Gasteiger partial charge in [0.1, 0.15) is 11.1 Å². The van der Waals surface area contributed by atoms with E-state index in [4.69, 9.17) is 32.7 Å². The van der Waals surface area contributed by atoms with E-state index in [-0.39, 0.29) is 73.5 Å². The van der Waals surface area contributed by atoms with Gasteiger partial charge in [0.05, 0.1) is 42.7 Å². The number of carbonyl (C=O) groups excluding carboxylic acids is 6. The van der Waals surface area contributed by atoms with Crippen molar-refractivity contribution >= 4 is 80.2 Å². The van der Waals surface area contributed by atoms with E-state index in [1.54, 1.807) is 47.9 Å². The van der Waals surface area contributed by atoms with Crippen molar-refractivity contribution in [1.82, 2.24) is 24.3 Å². The third-order valence-electron chi connectivity index (χ3n) is 15.9. The molecule has 2 aliphatic rings. The number of amides is 5. The lowest BCUT2D eigenvalue weighted by atomic mass is 9.83. The predicted molar refractivity (Wildman–Crippen MR) is 306 cm³/mol. The zero-order valence-corrected chi connectivity index (χ0v) is 50.6. The number of unbranched alkanes of at least 4 members (excludes halogenated alkanes) is 2. The van der Waals surface area contributed by atoms with Crippen LogP contribution in [-0.4, -0.2) is 165 Å². The van der Waals surface area contributed by atoms with E-state index in [2.05, 4.69) is 5.32 Å². The fourth-order valence-electron chi connectivity index (χ4n) is 11.1. The summed E-state index contributed by atoms with van der Waals surface area (Å²) >= 11 is 11.5. The summed E-state index contributed by atoms with van der Waals surface area (Å²) in [5, 5.41) is 12.2. The van der Waals surface area contributed by atoms with Crippen LogP contribution in [0.5, 0.6) is 0 Å². The second kappa shape index (κ2) is 30.8. The van der Waals surface area contributed by atoms with Crippen LogP contribution in [0, 0.1) is 29.6 Å². The highest BCUT2D eigenvalue weighted by Crippen LogP contribution is 2.34. The molecule has 0 aliphatic carbocycles. The van der Waals surface area contributed by atoms with Crippen LogP contribution in [0.15, 0.2) is 64.0 Å². The Morgan fingerprint density at radius 3 is 2.04 bits per heavy atom. The lowest BCUT2D eigenvalue weighted by Gasteiger charge is -2.41. The standard InChI is InChI=1S/C58H86Cl2N6O12S/c1-13-38(6)52(47(77-11)35-49(69)65-30-20-23-45(65)53(78-12)39(7)55(70)61-44(58(73)74)33-41-21-16-14-17-22-41)64(10)56(71)43(36(2)3)34-46(67)51(37(4)5)62(8)32-29-40-25-27-42(28-26-40)63(9)48(68)24-18-15-19-31-66-57(72)50(59)54(60)79(66,75)76/h14,16-17,21-22,25-28,36-39,43-45,47,51-53H,13,15,18-20,23-24,29-35H2,1-12H3,(H,61,70)(H,73,74)/t38-,39+,43-,44-,45-,47+,51-,52-,53+/m0/s1. The highest BCUT2D eigenvalue weighted by Gasteiger charge is 2.45. The number of likely N-dealkylation sites (N-methyl/N-ethyl adjacent to an activating group) is 2. The third-order valence-corrected chi connectivity index (χ3v) is 18.9. The van der Waals surface area contributed by atoms with Crippen molar-refractivity contribution in [2.45, 2.75) is 155 Å². The average Bonchev–Trinajstić information content (AvgIpc) is 3.98. The zero-order valence-electron chi connectivity index (χ0n) is 48.3. The Morgan fingerprint density at radius 2 is 1.49 bits per heavy atom. The number of halogens is 2. The molecule has 0 aromatic heterocycles. The SMILES string of the molecule is CC[C@H](C)[C@@H]([C@@H](CC(=O)N1CCC[C@H]1[C@H](OC)[C@@H](C)C(=O)N[C@@H](Cc1ccccc1)C(=O)O)OC)N(C)C(=O)[C@@H](CC(=O)[C@H](C(C)C)N(C)CCc1ccc(N(C)C(=O)CCCCCN2C(=O)C(Cl)=C(Cl)S2(=O)=O)cc1)C(C)C. The zero-order chi connectivity index (χ0) is 59.1. The minimum absolute atomic E-state index is 0.0211. The first-order valence-electron chi connectivity index (χ1n) is 27.6. The van der Waals surface area contributed by atoms with E-state index < -0.39 is 85.4 Å². The molecule has 2 N–H and O–H groups in total. The summed E-state index contributed by atoms with van der Waals surface area (Å²) in [6.07, 6.45) is 2.76. The number of carboxylic acids is 1. The first-order chi connectivity index (χ1) is 37.2. The van der Waals surface area contributed by atoms with Gasteiger partial charge in [0.2, 0.25) is 23.6 Å². The molecule has 9 atom stereocenters. The molecule has 0 unspecified atom stereocenters. The van der Waals surface area contributed by atoms with Gasteiger partial charge < -0.3 is 34.6 Å². The number of rotatable bonds is 32. The van der Waals surface area contributed by atoms with Crippen LogP contribution in [0.3, 0.4) is 0 Å². The molecule has 79 heavy (non-hydrogen) atoms. The van der Waals surface area contributed by atoms with Gasteiger partial charge in [-0.25, -0.2) is 9.10 Å². The number of likely N-dealkylation sites (tertiary alicyclic amines) is 1. The number of anilines is 1. The number of carbonyl (C=O) groups is 7. The van der Waals surface area contributed by atoms with Crippen LogP contribution in [0.1, 0.15) is 117 Å². The van der Waals surface area contributed by atoms with E-state index in [0.29, 0.717) is 68.0 Å². The molecule has 0 bridgehead atoms. The van der Waals surface area contributed by atoms with Gasteiger partial charge in [-0.3, -0.25) is 33.7 Å². The fraction of sp³-hybridized carbons (Fsp3) is 0.638. The molecule has 2 aromatic carbocycles. The van der Waals surface area contributed by atoms with E-state index in [1.165, 1.54) is 14.2 Å². The summed E-state index contributed by atoms with van der Waals surface area (Å²) in [5.41, 5.74) is 2.48. The normalized spacial score (nSPS) is 18.5. The predicted octanol–water partition coefficient (Wildman–Crippen LogP) is 7.49. The molecule has 2 aromatic rings. The van der Waals surface area contributed by atoms with E-state index >= 15 is 0 Å². The number of hydrogen-bond donors (Lipinski definition) is 2. The highest BCUT2D eigenvalue weighted by molar-refractivity contribution is 7.95. The number of aliphatic carboxylic acids is 1. The molecule has 21 heteroatoms. The Hall–Kier alpha value is -4.92. The van der Waals surface area contributed by atoms with Crippen molar-refractivity contribution in [3.05, 3.63) is 75.1 Å². The fourth-order valence-corrected chi connectivity index (χ4v) is 13.0. The summed E-state index contributed by atoms with van der Waals surface area (Å²) < 4.78 is 36.7. The van der Waals surface area contributed by atoms with Gasteiger partial charge in [0.15, 0.2) is 10.1 Å². The lowest BCUT2D eigenvalue weighted by Crippen LogP contribution is -2.55. The molecule has 0 saturated carbocycles. The molecule has 0 spiro atoms. The van der Waals surface area contributed by atoms with Crippen molar-refractivity contribution in [2.75, 3.05) is 59.9 Å². The monoisotopic (exact) mass is 1160 g/mol. The maximum atomic E-state index is 14.8. The largest absolute Gasteiger partial charge is 0.480 e. The first kappa shape index (κ1) is 66.6. The maximum Gasteiger partial charge on any atom is 0.326 e. The number of ketones is 1. The van der Waals surface area contributed by atoms with Gasteiger partial charge in [-0.2, -0.15) is 8.42 Å². The Bertz CT molecular complexity index is 2550. The van der Waals surface area contributed by atoms with Gasteiger partial charge in [0.25, 0.3) is 15.9 Å². The van der Waals surface area contributed by atoms with E-state index in [1.807, 2.05) is 96.0 Å². The van der Waals surface area contributed by atoms with Crippen molar-refractivity contribution in [3.63, 3.8) is 0 Å². The summed E-state index contributed by atoms with van der Waals surface area (Å²) in [6, 6.07) is 14.1. The summed E-state index contributed by atoms with van der Waals surface area (Å²) in [6.45, 7) is 14.5. The minimum atomic E-state index is -4.12. The molecule has 440 valence electrons. The van der Waals surface area contributed by atoms with Crippen molar-refractivity contribution in [2.24, 2.45) is 29.6 Å². The summed E-state index contributed by atoms with van der Waals surface area (Å²) in [4.78, 5) is 102. The molecule has 1 fully saturated rings. The highest BCUT2D eigenvalue weighted by atomic mass is 35.5. The molecule has 2 aliphatic heterocycles. The van der Waals surface area contributed by atoms with Gasteiger partial charge in [-0.15, -0.1) is 0 Å². The smallest absolute Gasteiger partial charge is 0.326 e. The van der Waals surface area contributed by atoms with Crippen LogP contribution in [0.25, 0.3) is 0 Å². The molecule has 2 heterocycles. The molecule has 18 nitrogen and oxygen atoms in total. The molecular formula is C58H86Cl2N6O12S. The number of ether oxygens (including phenoxy) is 2. The number of nitrogens with one attached hydrogen (secondary N) is 1. The van der Waals surface area contributed by atoms with Crippen molar-refractivity contribution < 1.29 is 56.6 Å². The van der Waals surface area contributed by atoms with E-state index in [0.717, 1.165) is 11.1 Å². The average molecular weight is 1160 g/mol. The topological polar surface area (TPSA) is 221 Å². The minimum Gasteiger partial charge on any atom is -0.480 e. The number of benzene rings is 2. The second-order valence-corrected chi connectivity index (χ2v) is 24.8. The summed E-state index contributed by atoms with van der Waals surface area (Å²) in [5.74, 6) is -4.87. The molecule has 1 saturated heterocycles. The molecule has 4 rings (SSSR count). The maximum absolute atomic E-state index is 14.8. The lowest BCUT2D eigenvalue weighted by molar-refractivity contribution is -0.149. The Labute approximate surface area is 478 Å².